The van der Waals surface area contributed by atoms with E-state index in [0.717, 1.165) is 24.2 Å². The largest absolute Gasteiger partial charge is 0.321 e. The van der Waals surface area contributed by atoms with E-state index in [9.17, 15) is 0 Å². The van der Waals surface area contributed by atoms with Crippen LogP contribution in [0.3, 0.4) is 0 Å². The Bertz CT molecular complexity index is 470. The summed E-state index contributed by atoms with van der Waals surface area (Å²) in [5.74, 6) is 0.768. The van der Waals surface area contributed by atoms with Gasteiger partial charge in [-0.1, -0.05) is 6.07 Å². The van der Waals surface area contributed by atoms with E-state index in [1.165, 1.54) is 12.7 Å². The molecule has 82 valence electrons. The van der Waals surface area contributed by atoms with E-state index < -0.39 is 0 Å². The summed E-state index contributed by atoms with van der Waals surface area (Å²) in [6.45, 7) is 0. The van der Waals surface area contributed by atoms with Gasteiger partial charge in [0.1, 0.15) is 12.7 Å². The van der Waals surface area contributed by atoms with Crippen LogP contribution in [0.15, 0.2) is 31.0 Å². The van der Waals surface area contributed by atoms with Crippen molar-refractivity contribution in [3.05, 3.63) is 36.5 Å². The molecule has 2 heterocycles. The highest BCUT2D eigenvalue weighted by Gasteiger charge is 2.34. The number of nitrogens with zero attached hydrogens (tertiary/aromatic N) is 4. The Morgan fingerprint density at radius 2 is 2.19 bits per heavy atom. The van der Waals surface area contributed by atoms with E-state index in [-0.39, 0.29) is 5.54 Å². The Morgan fingerprint density at radius 1 is 1.31 bits per heavy atom. The second-order valence-electron chi connectivity index (χ2n) is 4.25. The van der Waals surface area contributed by atoms with E-state index in [1.54, 1.807) is 11.0 Å². The van der Waals surface area contributed by atoms with Gasteiger partial charge in [-0.3, -0.25) is 0 Å². The van der Waals surface area contributed by atoms with Gasteiger partial charge >= 0.3 is 0 Å². The van der Waals surface area contributed by atoms with Crippen molar-refractivity contribution < 1.29 is 0 Å². The van der Waals surface area contributed by atoms with Crippen LogP contribution in [0, 0.1) is 0 Å². The molecule has 0 aliphatic heterocycles. The molecule has 3 rings (SSSR count). The van der Waals surface area contributed by atoms with Gasteiger partial charge in [0.15, 0.2) is 5.82 Å². The molecule has 2 aromatic heterocycles. The molecule has 0 saturated heterocycles. The van der Waals surface area contributed by atoms with Crippen molar-refractivity contribution >= 4 is 0 Å². The molecule has 2 N–H and O–H groups in total. The smallest absolute Gasteiger partial charge is 0.155 e. The highest BCUT2D eigenvalue weighted by atomic mass is 15.3. The second kappa shape index (κ2) is 3.38. The second-order valence-corrected chi connectivity index (χ2v) is 4.25. The van der Waals surface area contributed by atoms with E-state index in [4.69, 9.17) is 5.73 Å². The minimum absolute atomic E-state index is 0.145. The fourth-order valence-corrected chi connectivity index (χ4v) is 1.99. The van der Waals surface area contributed by atoms with Crippen molar-refractivity contribution in [3.8, 4) is 5.82 Å². The fraction of sp³-hybridized carbons (Fsp3) is 0.364. The molecule has 1 aliphatic rings. The maximum absolute atomic E-state index is 6.22. The molecule has 0 atom stereocenters. The molecule has 0 spiro atoms. The van der Waals surface area contributed by atoms with Crippen LogP contribution in [0.5, 0.6) is 0 Å². The minimum atomic E-state index is -0.145. The number of hydrogen-bond donors (Lipinski definition) is 1. The lowest BCUT2D eigenvalue weighted by molar-refractivity contribution is 0.253. The first-order chi connectivity index (χ1) is 7.78. The summed E-state index contributed by atoms with van der Waals surface area (Å²) in [6, 6.07) is 3.96. The molecule has 0 amide bonds. The molecular weight excluding hydrogens is 202 g/mol. The molecular formula is C11H13N5. The predicted molar refractivity (Wildman–Crippen MR) is 58.9 cm³/mol. The standard InChI is InChI=1S/C11H13N5/c12-11(4-1-5-11)9-2-3-10(14-6-9)16-8-13-7-15-16/h2-3,6-8H,1,4-5,12H2. The Labute approximate surface area is 93.3 Å². The van der Waals surface area contributed by atoms with Crippen LogP contribution in [0.2, 0.25) is 0 Å². The van der Waals surface area contributed by atoms with Crippen LogP contribution >= 0.6 is 0 Å². The average Bonchev–Trinajstić information content (AvgIpc) is 2.80. The molecule has 1 saturated carbocycles. The maximum Gasteiger partial charge on any atom is 0.155 e. The minimum Gasteiger partial charge on any atom is -0.321 e. The first kappa shape index (κ1) is 9.47. The third kappa shape index (κ3) is 1.40. The van der Waals surface area contributed by atoms with Gasteiger partial charge in [-0.25, -0.2) is 14.6 Å². The van der Waals surface area contributed by atoms with Crippen molar-refractivity contribution in [1.82, 2.24) is 19.7 Å². The third-order valence-corrected chi connectivity index (χ3v) is 3.22. The van der Waals surface area contributed by atoms with Crippen LogP contribution in [0.4, 0.5) is 0 Å². The molecule has 5 heteroatoms. The Kier molecular flexibility index (Phi) is 2.00. The number of hydrogen-bond acceptors (Lipinski definition) is 4. The van der Waals surface area contributed by atoms with Crippen molar-refractivity contribution in [2.45, 2.75) is 24.8 Å². The molecule has 1 aliphatic carbocycles. The number of pyridine rings is 1. The van der Waals surface area contributed by atoms with Crippen molar-refractivity contribution in [3.63, 3.8) is 0 Å². The van der Waals surface area contributed by atoms with Crippen LogP contribution in [-0.2, 0) is 5.54 Å². The molecule has 16 heavy (non-hydrogen) atoms. The van der Waals surface area contributed by atoms with Gasteiger partial charge in [-0.15, -0.1) is 0 Å². The van der Waals surface area contributed by atoms with E-state index >= 15 is 0 Å². The summed E-state index contributed by atoms with van der Waals surface area (Å²) in [6.07, 6.45) is 8.28. The summed E-state index contributed by atoms with van der Waals surface area (Å²) >= 11 is 0. The Morgan fingerprint density at radius 3 is 2.69 bits per heavy atom. The Balaban J connectivity index is 1.91. The topological polar surface area (TPSA) is 69.6 Å². The number of rotatable bonds is 2. The highest BCUT2D eigenvalue weighted by Crippen LogP contribution is 2.38. The zero-order valence-electron chi connectivity index (χ0n) is 8.87. The van der Waals surface area contributed by atoms with E-state index in [1.807, 2.05) is 18.3 Å². The lowest BCUT2D eigenvalue weighted by atomic mass is 9.73. The van der Waals surface area contributed by atoms with Gasteiger partial charge < -0.3 is 5.73 Å². The normalized spacial score (nSPS) is 18.1. The van der Waals surface area contributed by atoms with Gasteiger partial charge in [0.2, 0.25) is 0 Å². The predicted octanol–water partition coefficient (Wildman–Crippen LogP) is 1.00. The molecule has 2 aromatic rings. The molecule has 5 nitrogen and oxygen atoms in total. The molecule has 0 unspecified atom stereocenters. The van der Waals surface area contributed by atoms with Crippen molar-refractivity contribution in [2.75, 3.05) is 0 Å². The Hall–Kier alpha value is -1.75. The third-order valence-electron chi connectivity index (χ3n) is 3.22. The average molecular weight is 215 g/mol. The maximum atomic E-state index is 6.22. The highest BCUT2D eigenvalue weighted by molar-refractivity contribution is 5.29. The quantitative estimate of drug-likeness (QED) is 0.811. The van der Waals surface area contributed by atoms with Crippen molar-refractivity contribution in [2.24, 2.45) is 5.73 Å². The summed E-state index contributed by atoms with van der Waals surface area (Å²) < 4.78 is 1.63. The number of aromatic nitrogens is 4. The van der Waals surface area contributed by atoms with Gasteiger partial charge in [-0.2, -0.15) is 5.10 Å². The fourth-order valence-electron chi connectivity index (χ4n) is 1.99. The van der Waals surface area contributed by atoms with Crippen LogP contribution in [-0.4, -0.2) is 19.7 Å². The summed E-state index contributed by atoms with van der Waals surface area (Å²) in [7, 11) is 0. The number of nitrogens with two attached hydrogens (primary N) is 1. The molecule has 0 bridgehead atoms. The lowest BCUT2D eigenvalue weighted by Gasteiger charge is -2.38. The zero-order chi connectivity index (χ0) is 11.0. The van der Waals surface area contributed by atoms with Crippen LogP contribution in [0.25, 0.3) is 5.82 Å². The summed E-state index contributed by atoms with van der Waals surface area (Å²) in [5, 5.41) is 4.02. The van der Waals surface area contributed by atoms with E-state index in [2.05, 4.69) is 15.1 Å². The molecule has 0 aromatic carbocycles. The van der Waals surface area contributed by atoms with E-state index in [0.29, 0.717) is 0 Å². The monoisotopic (exact) mass is 215 g/mol. The first-order valence-corrected chi connectivity index (χ1v) is 5.38. The van der Waals surface area contributed by atoms with Gasteiger partial charge in [-0.05, 0) is 30.9 Å². The van der Waals surface area contributed by atoms with Crippen LogP contribution in [0.1, 0.15) is 24.8 Å². The first-order valence-electron chi connectivity index (χ1n) is 5.38. The van der Waals surface area contributed by atoms with Crippen LogP contribution < -0.4 is 5.73 Å². The van der Waals surface area contributed by atoms with Gasteiger partial charge in [0.25, 0.3) is 0 Å². The molecule has 0 radical (unpaired) electrons. The summed E-state index contributed by atoms with van der Waals surface area (Å²) in [4.78, 5) is 8.23. The van der Waals surface area contributed by atoms with Gasteiger partial charge in [0.05, 0.1) is 0 Å². The zero-order valence-corrected chi connectivity index (χ0v) is 8.87. The van der Waals surface area contributed by atoms with Crippen molar-refractivity contribution in [1.29, 1.82) is 0 Å². The van der Waals surface area contributed by atoms with Gasteiger partial charge in [0, 0.05) is 11.7 Å². The SMILES string of the molecule is NC1(c2ccc(-n3cncn3)nc2)CCC1. The molecule has 1 fully saturated rings. The summed E-state index contributed by atoms with van der Waals surface area (Å²) in [5.41, 5.74) is 7.19. The lowest BCUT2D eigenvalue weighted by Crippen LogP contribution is -2.43.